The summed E-state index contributed by atoms with van der Waals surface area (Å²) in [7, 11) is -6.68. The van der Waals surface area contributed by atoms with E-state index < -0.39 is 19.9 Å². The first-order valence-electron chi connectivity index (χ1n) is 9.81. The van der Waals surface area contributed by atoms with E-state index >= 15 is 0 Å². The van der Waals surface area contributed by atoms with Gasteiger partial charge in [0.25, 0.3) is 0 Å². The molecule has 0 bridgehead atoms. The van der Waals surface area contributed by atoms with E-state index in [4.69, 9.17) is 0 Å². The fraction of sp³-hybridized carbons (Fsp3) is 0.167. The summed E-state index contributed by atoms with van der Waals surface area (Å²) in [5.41, 5.74) is 6.57. The summed E-state index contributed by atoms with van der Waals surface area (Å²) in [5.74, 6) is 0. The van der Waals surface area contributed by atoms with Crippen molar-refractivity contribution < 1.29 is 16.8 Å². The molecular formula is C24H23NO4S2. The number of hydrogen-bond donors (Lipinski definition) is 1. The third kappa shape index (κ3) is 4.89. The van der Waals surface area contributed by atoms with Crippen LogP contribution in [-0.2, 0) is 32.7 Å². The molecule has 0 aliphatic heterocycles. The second kappa shape index (κ2) is 7.98. The van der Waals surface area contributed by atoms with Crippen LogP contribution in [0.1, 0.15) is 27.8 Å². The van der Waals surface area contributed by atoms with E-state index in [-0.39, 0.29) is 0 Å². The zero-order chi connectivity index (χ0) is 22.2. The molecule has 1 aliphatic rings. The lowest BCUT2D eigenvalue weighted by Gasteiger charge is -2.14. The van der Waals surface area contributed by atoms with Crippen LogP contribution < -0.4 is 4.72 Å². The maximum Gasteiger partial charge on any atom is 0.229 e. The Bertz CT molecular complexity index is 1400. The lowest BCUT2D eigenvalue weighted by atomic mass is 9.92. The highest BCUT2D eigenvalue weighted by Crippen LogP contribution is 2.36. The normalized spacial score (nSPS) is 15.1. The van der Waals surface area contributed by atoms with Gasteiger partial charge in [-0.05, 0) is 76.6 Å². The number of sulfonamides is 1. The first-order valence-corrected chi connectivity index (χ1v) is 13.6. The Morgan fingerprint density at radius 3 is 2.23 bits per heavy atom. The molecule has 0 amide bonds. The number of nitrogens with one attached hydrogen (secondary N) is 1. The average molecular weight is 454 g/mol. The summed E-state index contributed by atoms with van der Waals surface area (Å²) in [4.78, 5) is 0.316. The minimum atomic E-state index is -3.38. The van der Waals surface area contributed by atoms with Crippen LogP contribution in [0.25, 0.3) is 11.6 Å². The Balaban J connectivity index is 1.90. The van der Waals surface area contributed by atoms with Crippen molar-refractivity contribution in [2.45, 2.75) is 17.7 Å². The lowest BCUT2D eigenvalue weighted by molar-refractivity contribution is 0.601. The minimum Gasteiger partial charge on any atom is -0.284 e. The zero-order valence-corrected chi connectivity index (χ0v) is 18.9. The third-order valence-electron chi connectivity index (χ3n) is 5.27. The topological polar surface area (TPSA) is 80.3 Å². The number of aryl methyl sites for hydroxylation is 2. The summed E-state index contributed by atoms with van der Waals surface area (Å²) in [5, 5.41) is 0. The Kier molecular flexibility index (Phi) is 5.49. The standard InChI is InChI=1S/C24H23NO4S2/c1-30(26,27)21-12-13-23-19(16-21)11-10-18-7-3-4-9-22(18)24(23)15-17-6-5-8-20(14-17)25-31(2,28)29/h3-9,12-16,25H,10-11H2,1-2H3. The van der Waals surface area contributed by atoms with E-state index in [0.717, 1.165) is 46.9 Å². The monoisotopic (exact) mass is 453 g/mol. The molecule has 7 heteroatoms. The van der Waals surface area contributed by atoms with Crippen LogP contribution in [0.2, 0.25) is 0 Å². The number of hydrogen-bond acceptors (Lipinski definition) is 4. The van der Waals surface area contributed by atoms with Gasteiger partial charge in [-0.3, -0.25) is 4.72 Å². The molecule has 0 unspecified atom stereocenters. The summed E-state index contributed by atoms with van der Waals surface area (Å²) < 4.78 is 49.9. The average Bonchev–Trinajstić information content (AvgIpc) is 2.83. The molecule has 0 spiro atoms. The van der Waals surface area contributed by atoms with Crippen LogP contribution in [0.4, 0.5) is 5.69 Å². The molecule has 1 N–H and O–H groups in total. The number of benzene rings is 3. The molecule has 4 rings (SSSR count). The van der Waals surface area contributed by atoms with E-state index in [0.29, 0.717) is 10.6 Å². The van der Waals surface area contributed by atoms with Crippen LogP contribution in [0.3, 0.4) is 0 Å². The maximum atomic E-state index is 12.1. The minimum absolute atomic E-state index is 0.316. The van der Waals surface area contributed by atoms with Crippen LogP contribution in [-0.4, -0.2) is 29.3 Å². The van der Waals surface area contributed by atoms with Gasteiger partial charge in [-0.25, -0.2) is 16.8 Å². The molecule has 0 atom stereocenters. The fourth-order valence-corrected chi connectivity index (χ4v) is 5.14. The fourth-order valence-electron chi connectivity index (χ4n) is 3.91. The molecule has 3 aromatic rings. The van der Waals surface area contributed by atoms with Gasteiger partial charge in [-0.2, -0.15) is 0 Å². The molecule has 0 saturated heterocycles. The SMILES string of the molecule is CS(=O)(=O)Nc1cccc(C=C2c3ccccc3CCc3cc(S(C)(=O)=O)ccc32)c1. The van der Waals surface area contributed by atoms with Gasteiger partial charge in [0.1, 0.15) is 0 Å². The molecule has 0 aromatic heterocycles. The van der Waals surface area contributed by atoms with Crippen LogP contribution in [0.5, 0.6) is 0 Å². The van der Waals surface area contributed by atoms with Crippen molar-refractivity contribution in [1.29, 1.82) is 0 Å². The number of rotatable bonds is 4. The number of anilines is 1. The zero-order valence-electron chi connectivity index (χ0n) is 17.3. The summed E-state index contributed by atoms with van der Waals surface area (Å²) in [6.45, 7) is 0. The van der Waals surface area contributed by atoms with Gasteiger partial charge in [0.2, 0.25) is 10.0 Å². The predicted octanol–water partition coefficient (Wildman–Crippen LogP) is 4.15. The molecule has 0 heterocycles. The van der Waals surface area contributed by atoms with Gasteiger partial charge in [0.05, 0.1) is 11.2 Å². The van der Waals surface area contributed by atoms with E-state index in [9.17, 15) is 16.8 Å². The number of sulfone groups is 1. The molecule has 160 valence electrons. The highest BCUT2D eigenvalue weighted by atomic mass is 32.2. The van der Waals surface area contributed by atoms with Gasteiger partial charge >= 0.3 is 0 Å². The van der Waals surface area contributed by atoms with Crippen molar-refractivity contribution in [2.24, 2.45) is 0 Å². The van der Waals surface area contributed by atoms with Crippen molar-refractivity contribution in [3.05, 3.63) is 94.5 Å². The first kappa shape index (κ1) is 21.3. The van der Waals surface area contributed by atoms with Crippen LogP contribution in [0, 0.1) is 0 Å². The van der Waals surface area contributed by atoms with Crippen molar-refractivity contribution in [3.63, 3.8) is 0 Å². The predicted molar refractivity (Wildman–Crippen MR) is 125 cm³/mol. The Labute approximate surface area is 183 Å². The summed E-state index contributed by atoms with van der Waals surface area (Å²) >= 11 is 0. The first-order chi connectivity index (χ1) is 14.6. The quantitative estimate of drug-likeness (QED) is 0.644. The largest absolute Gasteiger partial charge is 0.284 e. The molecule has 31 heavy (non-hydrogen) atoms. The molecule has 0 radical (unpaired) electrons. The van der Waals surface area contributed by atoms with Crippen molar-refractivity contribution >= 4 is 37.2 Å². The summed E-state index contributed by atoms with van der Waals surface area (Å²) in [6.07, 6.45) is 5.91. The van der Waals surface area contributed by atoms with Crippen molar-refractivity contribution in [2.75, 3.05) is 17.2 Å². The van der Waals surface area contributed by atoms with E-state index in [1.807, 2.05) is 30.3 Å². The Morgan fingerprint density at radius 2 is 1.48 bits per heavy atom. The Hall–Kier alpha value is -2.90. The van der Waals surface area contributed by atoms with Gasteiger partial charge in [0, 0.05) is 11.9 Å². The van der Waals surface area contributed by atoms with E-state index in [2.05, 4.69) is 16.9 Å². The van der Waals surface area contributed by atoms with Crippen molar-refractivity contribution in [1.82, 2.24) is 0 Å². The highest BCUT2D eigenvalue weighted by Gasteiger charge is 2.20. The summed E-state index contributed by atoms with van der Waals surface area (Å²) in [6, 6.07) is 20.7. The molecule has 5 nitrogen and oxygen atoms in total. The van der Waals surface area contributed by atoms with Gasteiger partial charge in [-0.1, -0.05) is 42.5 Å². The highest BCUT2D eigenvalue weighted by molar-refractivity contribution is 7.92. The maximum absolute atomic E-state index is 12.1. The van der Waals surface area contributed by atoms with Crippen LogP contribution in [0.15, 0.2) is 71.6 Å². The smallest absolute Gasteiger partial charge is 0.229 e. The van der Waals surface area contributed by atoms with Gasteiger partial charge < -0.3 is 0 Å². The third-order valence-corrected chi connectivity index (χ3v) is 6.98. The number of fused-ring (bicyclic) bond motifs is 2. The van der Waals surface area contributed by atoms with E-state index in [1.54, 1.807) is 30.3 Å². The molecule has 1 aliphatic carbocycles. The molecule has 0 saturated carbocycles. The second-order valence-corrected chi connectivity index (χ2v) is 11.6. The molecule has 3 aromatic carbocycles. The van der Waals surface area contributed by atoms with E-state index in [1.165, 1.54) is 11.8 Å². The van der Waals surface area contributed by atoms with Crippen LogP contribution >= 0.6 is 0 Å². The molecule has 0 fully saturated rings. The van der Waals surface area contributed by atoms with Gasteiger partial charge in [-0.15, -0.1) is 0 Å². The van der Waals surface area contributed by atoms with Gasteiger partial charge in [0.15, 0.2) is 9.84 Å². The second-order valence-electron chi connectivity index (χ2n) is 7.81. The molecular weight excluding hydrogens is 430 g/mol. The Morgan fingerprint density at radius 1 is 0.774 bits per heavy atom. The van der Waals surface area contributed by atoms with Crippen molar-refractivity contribution in [3.8, 4) is 0 Å². The lowest BCUT2D eigenvalue weighted by Crippen LogP contribution is -2.09.